The van der Waals surface area contributed by atoms with E-state index in [-0.39, 0.29) is 35.1 Å². The molecule has 31 heavy (non-hydrogen) atoms. The van der Waals surface area contributed by atoms with Crippen LogP contribution in [0.15, 0.2) is 36.5 Å². The summed E-state index contributed by atoms with van der Waals surface area (Å²) in [5.41, 5.74) is -0.207. The minimum Gasteiger partial charge on any atom is -0.350 e. The second kappa shape index (κ2) is 9.85. The van der Waals surface area contributed by atoms with Crippen LogP contribution in [0.3, 0.4) is 0 Å². The maximum atomic E-state index is 14.4. The first-order chi connectivity index (χ1) is 14.4. The Bertz CT molecular complexity index is 1100. The van der Waals surface area contributed by atoms with E-state index in [1.807, 2.05) is 0 Å². The lowest BCUT2D eigenvalue weighted by atomic mass is 10.0. The lowest BCUT2D eigenvalue weighted by Gasteiger charge is -2.23. The van der Waals surface area contributed by atoms with Crippen LogP contribution < -0.4 is 10.6 Å². The van der Waals surface area contributed by atoms with Crippen molar-refractivity contribution in [1.29, 1.82) is 0 Å². The number of rotatable bonds is 4. The van der Waals surface area contributed by atoms with Gasteiger partial charge in [-0.05, 0) is 31.5 Å². The van der Waals surface area contributed by atoms with Crippen LogP contribution in [-0.4, -0.2) is 30.0 Å². The standard InChI is InChI=1S/C22H19ClF3N3O.ClH/c23-17-11-28-21(20-18(25)8-13(24)9-19(20)26)16-7-12(4-5-15(16)17)22(30)29-10-14-3-1-2-6-27-14;/h4-5,7-9,11,14,27H,1-3,6,10H2,(H,29,30);1H/t14-;/m0./s1. The van der Waals surface area contributed by atoms with Crippen molar-refractivity contribution < 1.29 is 18.0 Å². The average molecular weight is 470 g/mol. The van der Waals surface area contributed by atoms with Gasteiger partial charge in [-0.3, -0.25) is 9.78 Å². The van der Waals surface area contributed by atoms with Gasteiger partial charge >= 0.3 is 0 Å². The molecule has 2 aromatic carbocycles. The molecule has 3 aromatic rings. The summed E-state index contributed by atoms with van der Waals surface area (Å²) in [6, 6.07) is 6.10. The molecule has 9 heteroatoms. The van der Waals surface area contributed by atoms with Crippen LogP contribution in [0.4, 0.5) is 13.2 Å². The highest BCUT2D eigenvalue weighted by Gasteiger charge is 2.20. The van der Waals surface area contributed by atoms with Crippen molar-refractivity contribution in [3.05, 3.63) is 64.6 Å². The number of nitrogens with zero attached hydrogens (tertiary/aromatic N) is 1. The van der Waals surface area contributed by atoms with Gasteiger partial charge in [-0.15, -0.1) is 12.4 Å². The minimum atomic E-state index is -1.08. The molecule has 0 unspecified atom stereocenters. The molecule has 4 nitrogen and oxygen atoms in total. The molecule has 1 fully saturated rings. The lowest BCUT2D eigenvalue weighted by molar-refractivity contribution is 0.0948. The van der Waals surface area contributed by atoms with Crippen molar-refractivity contribution in [3.8, 4) is 11.3 Å². The van der Waals surface area contributed by atoms with Crippen LogP contribution in [0, 0.1) is 17.5 Å². The zero-order chi connectivity index (χ0) is 21.3. The minimum absolute atomic E-state index is 0. The third kappa shape index (κ3) is 4.95. The van der Waals surface area contributed by atoms with Crippen LogP contribution in [0.5, 0.6) is 0 Å². The van der Waals surface area contributed by atoms with Crippen LogP contribution >= 0.6 is 24.0 Å². The van der Waals surface area contributed by atoms with Crippen molar-refractivity contribution in [2.24, 2.45) is 0 Å². The van der Waals surface area contributed by atoms with E-state index >= 15 is 0 Å². The highest BCUT2D eigenvalue weighted by atomic mass is 35.5. The van der Waals surface area contributed by atoms with E-state index in [0.29, 0.717) is 35.0 Å². The van der Waals surface area contributed by atoms with E-state index in [2.05, 4.69) is 15.6 Å². The Balaban J connectivity index is 0.00000272. The van der Waals surface area contributed by atoms with Gasteiger partial charge in [0.05, 0.1) is 16.3 Å². The van der Waals surface area contributed by atoms with E-state index in [4.69, 9.17) is 11.6 Å². The molecule has 0 saturated carbocycles. The van der Waals surface area contributed by atoms with E-state index < -0.39 is 23.0 Å². The first-order valence-electron chi connectivity index (χ1n) is 9.69. The molecular weight excluding hydrogens is 450 g/mol. The third-order valence-corrected chi connectivity index (χ3v) is 5.57. The number of carbonyl (C=O) groups is 1. The topological polar surface area (TPSA) is 54.0 Å². The molecule has 1 atom stereocenters. The molecule has 1 amide bonds. The molecule has 0 bridgehead atoms. The zero-order valence-electron chi connectivity index (χ0n) is 16.4. The van der Waals surface area contributed by atoms with E-state index in [1.54, 1.807) is 12.1 Å². The molecule has 1 saturated heterocycles. The second-order valence-corrected chi connectivity index (χ2v) is 7.72. The van der Waals surface area contributed by atoms with Gasteiger partial charge in [-0.25, -0.2) is 13.2 Å². The summed E-state index contributed by atoms with van der Waals surface area (Å²) in [4.78, 5) is 16.7. The summed E-state index contributed by atoms with van der Waals surface area (Å²) >= 11 is 6.20. The molecule has 0 aliphatic carbocycles. The number of pyridine rings is 1. The number of amides is 1. The predicted octanol–water partition coefficient (Wildman–Crippen LogP) is 5.27. The third-order valence-electron chi connectivity index (χ3n) is 5.27. The highest BCUT2D eigenvalue weighted by Crippen LogP contribution is 2.34. The van der Waals surface area contributed by atoms with Crippen molar-refractivity contribution in [1.82, 2.24) is 15.6 Å². The fourth-order valence-electron chi connectivity index (χ4n) is 3.73. The smallest absolute Gasteiger partial charge is 0.251 e. The van der Waals surface area contributed by atoms with Crippen LogP contribution in [0.25, 0.3) is 22.0 Å². The molecule has 4 rings (SSSR count). The highest BCUT2D eigenvalue weighted by molar-refractivity contribution is 6.35. The van der Waals surface area contributed by atoms with E-state index in [9.17, 15) is 18.0 Å². The first kappa shape index (κ1) is 23.3. The molecule has 0 radical (unpaired) electrons. The van der Waals surface area contributed by atoms with Crippen LogP contribution in [0.1, 0.15) is 29.6 Å². The predicted molar refractivity (Wildman–Crippen MR) is 117 cm³/mol. The molecule has 1 aliphatic rings. The van der Waals surface area contributed by atoms with Crippen LogP contribution in [-0.2, 0) is 0 Å². The number of halogens is 5. The lowest BCUT2D eigenvalue weighted by Crippen LogP contribution is -2.43. The largest absolute Gasteiger partial charge is 0.350 e. The fraction of sp³-hybridized carbons (Fsp3) is 0.273. The summed E-state index contributed by atoms with van der Waals surface area (Å²) < 4.78 is 42.1. The maximum Gasteiger partial charge on any atom is 0.251 e. The van der Waals surface area contributed by atoms with Gasteiger partial charge in [-0.1, -0.05) is 24.1 Å². The number of piperidine rings is 1. The Morgan fingerprint density at radius 1 is 1.13 bits per heavy atom. The van der Waals surface area contributed by atoms with Gasteiger partial charge in [0.15, 0.2) is 0 Å². The number of nitrogens with one attached hydrogen (secondary N) is 2. The van der Waals surface area contributed by atoms with E-state index in [0.717, 1.165) is 25.8 Å². The number of aromatic nitrogens is 1. The normalized spacial score (nSPS) is 16.1. The van der Waals surface area contributed by atoms with Gasteiger partial charge < -0.3 is 10.6 Å². The maximum absolute atomic E-state index is 14.4. The number of benzene rings is 2. The zero-order valence-corrected chi connectivity index (χ0v) is 17.9. The van der Waals surface area contributed by atoms with Gasteiger partial charge in [0.1, 0.15) is 17.5 Å². The summed E-state index contributed by atoms with van der Waals surface area (Å²) in [5, 5.41) is 7.30. The quantitative estimate of drug-likeness (QED) is 0.547. The summed E-state index contributed by atoms with van der Waals surface area (Å²) in [5.74, 6) is -3.50. The second-order valence-electron chi connectivity index (χ2n) is 7.32. The molecule has 2 heterocycles. The van der Waals surface area contributed by atoms with Gasteiger partial charge in [0, 0.05) is 47.3 Å². The Morgan fingerprint density at radius 3 is 2.55 bits per heavy atom. The number of carbonyl (C=O) groups excluding carboxylic acids is 1. The summed E-state index contributed by atoms with van der Waals surface area (Å²) in [6.07, 6.45) is 4.51. The Morgan fingerprint density at radius 2 is 1.87 bits per heavy atom. The number of hydrogen-bond donors (Lipinski definition) is 2. The van der Waals surface area contributed by atoms with Crippen molar-refractivity contribution in [3.63, 3.8) is 0 Å². The SMILES string of the molecule is Cl.O=C(NC[C@@H]1CCCCN1)c1ccc2c(Cl)cnc(-c3c(F)cc(F)cc3F)c2c1. The summed E-state index contributed by atoms with van der Waals surface area (Å²) in [7, 11) is 0. The number of hydrogen-bond acceptors (Lipinski definition) is 3. The molecule has 1 aromatic heterocycles. The van der Waals surface area contributed by atoms with Gasteiger partial charge in [0.25, 0.3) is 5.91 Å². The Hall–Kier alpha value is -2.35. The molecule has 0 spiro atoms. The fourth-order valence-corrected chi connectivity index (χ4v) is 3.95. The first-order valence-corrected chi connectivity index (χ1v) is 10.1. The average Bonchev–Trinajstić information content (AvgIpc) is 2.73. The van der Waals surface area contributed by atoms with E-state index in [1.165, 1.54) is 12.3 Å². The molecular formula is C22H20Cl2F3N3O. The Labute approximate surface area is 188 Å². The molecule has 164 valence electrons. The van der Waals surface area contributed by atoms with Gasteiger partial charge in [-0.2, -0.15) is 0 Å². The summed E-state index contributed by atoms with van der Waals surface area (Å²) in [6.45, 7) is 1.41. The molecule has 2 N–H and O–H groups in total. The van der Waals surface area contributed by atoms with Gasteiger partial charge in [0.2, 0.25) is 0 Å². The molecule has 1 aliphatic heterocycles. The van der Waals surface area contributed by atoms with Crippen molar-refractivity contribution in [2.45, 2.75) is 25.3 Å². The number of fused-ring (bicyclic) bond motifs is 1. The van der Waals surface area contributed by atoms with Crippen molar-refractivity contribution >= 4 is 40.7 Å². The van der Waals surface area contributed by atoms with Crippen molar-refractivity contribution in [2.75, 3.05) is 13.1 Å². The van der Waals surface area contributed by atoms with Crippen LogP contribution in [0.2, 0.25) is 5.02 Å². The monoisotopic (exact) mass is 469 g/mol. The Kier molecular flexibility index (Phi) is 7.41.